The summed E-state index contributed by atoms with van der Waals surface area (Å²) in [5.41, 5.74) is 0.433. The highest BCUT2D eigenvalue weighted by atomic mass is 16.3. The normalized spacial score (nSPS) is 39.2. The van der Waals surface area contributed by atoms with Gasteiger partial charge < -0.3 is 10.0 Å². The van der Waals surface area contributed by atoms with Crippen molar-refractivity contribution in [2.24, 2.45) is 11.3 Å². The first-order valence-corrected chi connectivity index (χ1v) is 7.40. The first-order valence-electron chi connectivity index (χ1n) is 7.40. The Kier molecular flexibility index (Phi) is 4.14. The standard InChI is InChI=1S/C15H29NO/c1-12-6-4-5-9-16(12)11-13-10-15(2,3)8-7-14(13)17/h12-14,17H,4-11H2,1-3H3. The summed E-state index contributed by atoms with van der Waals surface area (Å²) in [5.74, 6) is 0.499. The minimum absolute atomic E-state index is 0.0582. The summed E-state index contributed by atoms with van der Waals surface area (Å²) in [6.45, 7) is 9.41. The number of likely N-dealkylation sites (tertiary alicyclic amines) is 1. The van der Waals surface area contributed by atoms with Gasteiger partial charge in [0.15, 0.2) is 0 Å². The Bertz CT molecular complexity index is 251. The van der Waals surface area contributed by atoms with Gasteiger partial charge in [0.2, 0.25) is 0 Å². The van der Waals surface area contributed by atoms with E-state index in [4.69, 9.17) is 0 Å². The van der Waals surface area contributed by atoms with Gasteiger partial charge in [-0.25, -0.2) is 0 Å². The molecule has 1 aliphatic carbocycles. The Morgan fingerprint density at radius 3 is 2.71 bits per heavy atom. The fourth-order valence-corrected chi connectivity index (χ4v) is 3.64. The minimum atomic E-state index is -0.0582. The molecular formula is C15H29NO. The van der Waals surface area contributed by atoms with Crippen LogP contribution in [0.15, 0.2) is 0 Å². The van der Waals surface area contributed by atoms with Gasteiger partial charge in [-0.1, -0.05) is 20.3 Å². The summed E-state index contributed by atoms with van der Waals surface area (Å²) in [7, 11) is 0. The van der Waals surface area contributed by atoms with Crippen molar-refractivity contribution in [3.05, 3.63) is 0 Å². The van der Waals surface area contributed by atoms with E-state index < -0.39 is 0 Å². The van der Waals surface area contributed by atoms with Crippen LogP contribution in [0, 0.1) is 11.3 Å². The van der Waals surface area contributed by atoms with E-state index >= 15 is 0 Å². The van der Waals surface area contributed by atoms with Crippen LogP contribution < -0.4 is 0 Å². The summed E-state index contributed by atoms with van der Waals surface area (Å²) in [6, 6.07) is 0.723. The van der Waals surface area contributed by atoms with Crippen LogP contribution in [0.1, 0.15) is 59.3 Å². The Labute approximate surface area is 106 Å². The molecule has 0 spiro atoms. The Morgan fingerprint density at radius 2 is 2.00 bits per heavy atom. The molecule has 2 nitrogen and oxygen atoms in total. The number of aliphatic hydroxyl groups is 1. The first kappa shape index (κ1) is 13.4. The molecule has 0 radical (unpaired) electrons. The average molecular weight is 239 g/mol. The van der Waals surface area contributed by atoms with Crippen LogP contribution in [-0.4, -0.2) is 35.2 Å². The lowest BCUT2D eigenvalue weighted by Crippen LogP contribution is -2.45. The van der Waals surface area contributed by atoms with Crippen molar-refractivity contribution in [2.75, 3.05) is 13.1 Å². The Balaban J connectivity index is 1.91. The smallest absolute Gasteiger partial charge is 0.0581 e. The van der Waals surface area contributed by atoms with E-state index in [9.17, 15) is 5.11 Å². The molecule has 1 N–H and O–H groups in total. The number of aliphatic hydroxyl groups excluding tert-OH is 1. The molecule has 2 rings (SSSR count). The quantitative estimate of drug-likeness (QED) is 0.800. The second-order valence-corrected chi connectivity index (χ2v) is 7.07. The summed E-state index contributed by atoms with van der Waals surface area (Å²) in [6.07, 6.45) is 7.38. The lowest BCUT2D eigenvalue weighted by molar-refractivity contribution is -0.00607. The van der Waals surface area contributed by atoms with E-state index in [0.717, 1.165) is 19.0 Å². The second-order valence-electron chi connectivity index (χ2n) is 7.07. The number of hydrogen-bond acceptors (Lipinski definition) is 2. The van der Waals surface area contributed by atoms with Crippen molar-refractivity contribution in [2.45, 2.75) is 71.4 Å². The number of nitrogens with zero attached hydrogens (tertiary/aromatic N) is 1. The lowest BCUT2D eigenvalue weighted by atomic mass is 9.70. The van der Waals surface area contributed by atoms with E-state index in [1.807, 2.05) is 0 Å². The van der Waals surface area contributed by atoms with Crippen molar-refractivity contribution < 1.29 is 5.11 Å². The van der Waals surface area contributed by atoms with Gasteiger partial charge in [0.05, 0.1) is 6.10 Å². The Morgan fingerprint density at radius 1 is 1.24 bits per heavy atom. The molecule has 2 fully saturated rings. The van der Waals surface area contributed by atoms with Crippen molar-refractivity contribution in [3.8, 4) is 0 Å². The van der Waals surface area contributed by atoms with E-state index in [1.54, 1.807) is 0 Å². The van der Waals surface area contributed by atoms with Crippen molar-refractivity contribution in [1.29, 1.82) is 0 Å². The highest BCUT2D eigenvalue weighted by Gasteiger charge is 2.35. The van der Waals surface area contributed by atoms with Crippen molar-refractivity contribution in [3.63, 3.8) is 0 Å². The molecule has 1 saturated carbocycles. The lowest BCUT2D eigenvalue weighted by Gasteiger charge is -2.43. The van der Waals surface area contributed by atoms with E-state index in [2.05, 4.69) is 25.7 Å². The van der Waals surface area contributed by atoms with Crippen molar-refractivity contribution >= 4 is 0 Å². The molecule has 2 aliphatic rings. The third kappa shape index (κ3) is 3.45. The third-order valence-electron chi connectivity index (χ3n) is 4.89. The first-order chi connectivity index (χ1) is 7.98. The number of hydrogen-bond donors (Lipinski definition) is 1. The maximum atomic E-state index is 10.2. The molecule has 0 aromatic carbocycles. The molecule has 100 valence electrons. The molecular weight excluding hydrogens is 210 g/mol. The molecule has 2 heteroatoms. The molecule has 0 aromatic heterocycles. The molecule has 0 amide bonds. The summed E-state index contributed by atoms with van der Waals surface area (Å²) >= 11 is 0. The fourth-order valence-electron chi connectivity index (χ4n) is 3.64. The molecule has 0 bridgehead atoms. The van der Waals surface area contributed by atoms with Gasteiger partial charge in [0.25, 0.3) is 0 Å². The van der Waals surface area contributed by atoms with Crippen LogP contribution in [0.25, 0.3) is 0 Å². The van der Waals surface area contributed by atoms with Crippen LogP contribution in [0.4, 0.5) is 0 Å². The zero-order valence-corrected chi connectivity index (χ0v) is 11.8. The van der Waals surface area contributed by atoms with E-state index in [0.29, 0.717) is 11.3 Å². The highest BCUT2D eigenvalue weighted by Crippen LogP contribution is 2.39. The van der Waals surface area contributed by atoms with Gasteiger partial charge in [0.1, 0.15) is 0 Å². The second kappa shape index (κ2) is 5.27. The molecule has 1 heterocycles. The largest absolute Gasteiger partial charge is 0.393 e. The molecule has 1 saturated heterocycles. The van der Waals surface area contributed by atoms with Crippen LogP contribution in [0.5, 0.6) is 0 Å². The highest BCUT2D eigenvalue weighted by molar-refractivity contribution is 4.87. The van der Waals surface area contributed by atoms with Crippen LogP contribution in [0.2, 0.25) is 0 Å². The molecule has 3 atom stereocenters. The maximum Gasteiger partial charge on any atom is 0.0581 e. The van der Waals surface area contributed by atoms with Gasteiger partial charge >= 0.3 is 0 Å². The van der Waals surface area contributed by atoms with Crippen LogP contribution in [0.3, 0.4) is 0 Å². The monoisotopic (exact) mass is 239 g/mol. The molecule has 0 aromatic rings. The summed E-state index contributed by atoms with van der Waals surface area (Å²) < 4.78 is 0. The Hall–Kier alpha value is -0.0800. The number of rotatable bonds is 2. The van der Waals surface area contributed by atoms with Gasteiger partial charge in [-0.2, -0.15) is 0 Å². The SMILES string of the molecule is CC1CCCCN1CC1CC(C)(C)CCC1O. The van der Waals surface area contributed by atoms with Crippen molar-refractivity contribution in [1.82, 2.24) is 4.90 Å². The van der Waals surface area contributed by atoms with Gasteiger partial charge in [0, 0.05) is 12.6 Å². The number of piperidine rings is 1. The predicted molar refractivity (Wildman–Crippen MR) is 72.0 cm³/mol. The minimum Gasteiger partial charge on any atom is -0.393 e. The maximum absolute atomic E-state index is 10.2. The molecule has 3 unspecified atom stereocenters. The van der Waals surface area contributed by atoms with Crippen LogP contribution in [-0.2, 0) is 0 Å². The third-order valence-corrected chi connectivity index (χ3v) is 4.89. The van der Waals surface area contributed by atoms with Gasteiger partial charge in [-0.15, -0.1) is 0 Å². The van der Waals surface area contributed by atoms with Gasteiger partial charge in [-0.05, 0) is 56.9 Å². The predicted octanol–water partition coefficient (Wildman–Crippen LogP) is 3.05. The molecule has 1 aliphatic heterocycles. The van der Waals surface area contributed by atoms with E-state index in [1.165, 1.54) is 38.6 Å². The summed E-state index contributed by atoms with van der Waals surface area (Å²) in [5, 5.41) is 10.2. The van der Waals surface area contributed by atoms with E-state index in [-0.39, 0.29) is 6.10 Å². The zero-order valence-electron chi connectivity index (χ0n) is 11.8. The molecule has 17 heavy (non-hydrogen) atoms. The summed E-state index contributed by atoms with van der Waals surface area (Å²) in [4.78, 5) is 2.61. The van der Waals surface area contributed by atoms with Gasteiger partial charge in [-0.3, -0.25) is 0 Å². The average Bonchev–Trinajstić information content (AvgIpc) is 2.26. The van der Waals surface area contributed by atoms with Crippen LogP contribution >= 0.6 is 0 Å². The topological polar surface area (TPSA) is 23.5 Å². The fraction of sp³-hybridized carbons (Fsp3) is 1.00. The zero-order chi connectivity index (χ0) is 12.5.